The number of nitrogens with two attached hydrogens (primary N) is 2. The maximum atomic E-state index is 9.41. The highest BCUT2D eigenvalue weighted by molar-refractivity contribution is 5.90. The average Bonchev–Trinajstić information content (AvgIpc) is 2.63. The van der Waals surface area contributed by atoms with E-state index in [-0.39, 0.29) is 11.5 Å². The van der Waals surface area contributed by atoms with Gasteiger partial charge in [0.2, 0.25) is 0 Å². The first kappa shape index (κ1) is 22.7. The fourth-order valence-electron chi connectivity index (χ4n) is 2.51. The van der Waals surface area contributed by atoms with E-state index in [1.165, 1.54) is 11.1 Å². The largest absolute Gasteiger partial charge is 0.508 e. The molecular formula is C20H26N2O4. The lowest BCUT2D eigenvalue weighted by Gasteiger charge is -2.14. The van der Waals surface area contributed by atoms with E-state index in [2.05, 4.69) is 25.3 Å². The fraction of sp³-hybridized carbons (Fsp3) is 0.200. The molecule has 26 heavy (non-hydrogen) atoms. The number of carbonyl (C=O) groups is 2. The van der Waals surface area contributed by atoms with E-state index < -0.39 is 6.03 Å². The number of urea groups is 1. The molecule has 0 spiro atoms. The highest BCUT2D eigenvalue weighted by Crippen LogP contribution is 2.32. The lowest BCUT2D eigenvalue weighted by atomic mass is 9.91. The van der Waals surface area contributed by atoms with Crippen molar-refractivity contribution in [3.05, 3.63) is 59.7 Å². The summed E-state index contributed by atoms with van der Waals surface area (Å²) in [6.45, 7) is 6.27. The van der Waals surface area contributed by atoms with Gasteiger partial charge in [0.25, 0.3) is 0 Å². The minimum absolute atomic E-state index is 0.284. The molecule has 6 heteroatoms. The molecule has 2 aromatic rings. The van der Waals surface area contributed by atoms with E-state index in [9.17, 15) is 10.2 Å². The van der Waals surface area contributed by atoms with Gasteiger partial charge in [-0.25, -0.2) is 4.79 Å². The second-order valence-electron chi connectivity index (χ2n) is 5.16. The first-order valence-electron chi connectivity index (χ1n) is 8.03. The minimum Gasteiger partial charge on any atom is -0.508 e. The summed E-state index contributed by atoms with van der Waals surface area (Å²) in [6, 6.07) is 13.8. The van der Waals surface area contributed by atoms with E-state index >= 15 is 0 Å². The molecular weight excluding hydrogens is 332 g/mol. The monoisotopic (exact) mass is 358 g/mol. The highest BCUT2D eigenvalue weighted by atomic mass is 16.3. The van der Waals surface area contributed by atoms with Gasteiger partial charge in [-0.05, 0) is 59.4 Å². The molecule has 0 saturated heterocycles. The Morgan fingerprint density at radius 3 is 1.19 bits per heavy atom. The van der Waals surface area contributed by atoms with Crippen molar-refractivity contribution in [2.75, 3.05) is 0 Å². The molecule has 0 radical (unpaired) electrons. The number of carbonyl (C=O) groups excluding carboxylic acids is 2. The predicted octanol–water partition coefficient (Wildman–Crippen LogP) is 3.67. The van der Waals surface area contributed by atoms with Crippen LogP contribution in [0.5, 0.6) is 11.5 Å². The molecule has 0 heterocycles. The summed E-state index contributed by atoms with van der Waals surface area (Å²) in [4.78, 5) is 17.0. The molecule has 0 bridgehead atoms. The van der Waals surface area contributed by atoms with Gasteiger partial charge >= 0.3 is 6.03 Å². The van der Waals surface area contributed by atoms with Gasteiger partial charge in [0, 0.05) is 0 Å². The molecule has 140 valence electrons. The Morgan fingerprint density at radius 1 is 0.769 bits per heavy atom. The number of allylic oxidation sites excluding steroid dienone is 2. The van der Waals surface area contributed by atoms with Crippen LogP contribution in [0.1, 0.15) is 37.8 Å². The summed E-state index contributed by atoms with van der Waals surface area (Å²) in [5, 5.41) is 18.8. The van der Waals surface area contributed by atoms with Gasteiger partial charge < -0.3 is 26.5 Å². The van der Waals surface area contributed by atoms with Crippen molar-refractivity contribution in [2.45, 2.75) is 26.7 Å². The molecule has 0 aliphatic rings. The zero-order chi connectivity index (χ0) is 20.1. The van der Waals surface area contributed by atoms with Crippen LogP contribution in [-0.2, 0) is 4.79 Å². The molecule has 0 fully saturated rings. The summed E-state index contributed by atoms with van der Waals surface area (Å²) in [7, 11) is 0. The summed E-state index contributed by atoms with van der Waals surface area (Å²) >= 11 is 0. The Balaban J connectivity index is 0.000000920. The molecule has 0 atom stereocenters. The minimum atomic E-state index is -0.833. The van der Waals surface area contributed by atoms with Crippen LogP contribution in [0.4, 0.5) is 4.79 Å². The van der Waals surface area contributed by atoms with Crippen LogP contribution in [-0.4, -0.2) is 23.0 Å². The summed E-state index contributed by atoms with van der Waals surface area (Å²) in [6.07, 6.45) is 1.85. The van der Waals surface area contributed by atoms with Crippen LogP contribution >= 0.6 is 0 Å². The lowest BCUT2D eigenvalue weighted by Crippen LogP contribution is -2.18. The van der Waals surface area contributed by atoms with Crippen LogP contribution < -0.4 is 11.5 Å². The van der Waals surface area contributed by atoms with Crippen LogP contribution in [0.15, 0.2) is 48.5 Å². The standard InChI is InChI=1S/C18H20O2.CH4N2O.CH2O/c1-3-17(13-5-9-15(19)10-6-13)18(4-2)14-7-11-16(20)12-8-14;2-1(3)4;1-2/h5-12,19-20H,3-4H2,1-2H3;(H4,2,3,4);1H2/b18-17+;;. The van der Waals surface area contributed by atoms with E-state index in [1.54, 1.807) is 24.3 Å². The number of primary amides is 2. The number of hydrogen-bond acceptors (Lipinski definition) is 4. The first-order valence-corrected chi connectivity index (χ1v) is 8.03. The summed E-state index contributed by atoms with van der Waals surface area (Å²) in [5.74, 6) is 0.568. The van der Waals surface area contributed by atoms with Gasteiger partial charge in [0.15, 0.2) is 0 Å². The normalized spacial score (nSPS) is 10.4. The van der Waals surface area contributed by atoms with Crippen molar-refractivity contribution in [1.82, 2.24) is 0 Å². The Hall–Kier alpha value is -3.28. The maximum absolute atomic E-state index is 9.41. The topological polar surface area (TPSA) is 127 Å². The van der Waals surface area contributed by atoms with Gasteiger partial charge in [-0.15, -0.1) is 0 Å². The summed E-state index contributed by atoms with van der Waals surface area (Å²) < 4.78 is 0. The Labute approximate surface area is 153 Å². The van der Waals surface area contributed by atoms with Gasteiger partial charge in [-0.1, -0.05) is 38.1 Å². The van der Waals surface area contributed by atoms with Crippen molar-refractivity contribution < 1.29 is 19.8 Å². The fourth-order valence-corrected chi connectivity index (χ4v) is 2.51. The second kappa shape index (κ2) is 12.1. The van der Waals surface area contributed by atoms with E-state index in [0.29, 0.717) is 0 Å². The molecule has 0 unspecified atom stereocenters. The van der Waals surface area contributed by atoms with E-state index in [4.69, 9.17) is 9.59 Å². The zero-order valence-corrected chi connectivity index (χ0v) is 15.1. The highest BCUT2D eigenvalue weighted by Gasteiger charge is 2.09. The third kappa shape index (κ3) is 7.53. The Morgan fingerprint density at radius 2 is 1.00 bits per heavy atom. The van der Waals surface area contributed by atoms with Crippen molar-refractivity contribution in [1.29, 1.82) is 0 Å². The Bertz CT molecular complexity index is 648. The smallest absolute Gasteiger partial charge is 0.309 e. The molecule has 0 aliphatic carbocycles. The summed E-state index contributed by atoms with van der Waals surface area (Å²) in [5.41, 5.74) is 13.3. The third-order valence-corrected chi connectivity index (χ3v) is 3.50. The lowest BCUT2D eigenvalue weighted by molar-refractivity contribution is -0.0980. The first-order chi connectivity index (χ1) is 12.4. The number of phenolic OH excluding ortho intramolecular Hbond substituents is 2. The molecule has 6 nitrogen and oxygen atoms in total. The van der Waals surface area contributed by atoms with E-state index in [0.717, 1.165) is 24.0 Å². The van der Waals surface area contributed by atoms with Crippen molar-refractivity contribution in [2.24, 2.45) is 11.5 Å². The SMILES string of the molecule is C=O.CC/C(=C(/CC)c1ccc(O)cc1)c1ccc(O)cc1.NC(N)=O. The Kier molecular flexibility index (Phi) is 10.6. The van der Waals surface area contributed by atoms with Gasteiger partial charge in [0.05, 0.1) is 0 Å². The molecule has 0 aliphatic heterocycles. The van der Waals surface area contributed by atoms with Gasteiger partial charge in [-0.3, -0.25) is 0 Å². The van der Waals surface area contributed by atoms with Crippen LogP contribution in [0.2, 0.25) is 0 Å². The van der Waals surface area contributed by atoms with Crippen LogP contribution in [0, 0.1) is 0 Å². The zero-order valence-electron chi connectivity index (χ0n) is 15.1. The van der Waals surface area contributed by atoms with E-state index in [1.807, 2.05) is 31.1 Å². The quantitative estimate of drug-likeness (QED) is 0.622. The number of amides is 2. The molecule has 2 amide bonds. The van der Waals surface area contributed by atoms with Crippen molar-refractivity contribution >= 4 is 24.0 Å². The molecule has 0 saturated carbocycles. The number of hydrogen-bond donors (Lipinski definition) is 4. The van der Waals surface area contributed by atoms with Crippen molar-refractivity contribution in [3.63, 3.8) is 0 Å². The number of benzene rings is 2. The molecule has 2 aromatic carbocycles. The molecule has 6 N–H and O–H groups in total. The van der Waals surface area contributed by atoms with Gasteiger partial charge in [0.1, 0.15) is 18.3 Å². The second-order valence-corrected chi connectivity index (χ2v) is 5.16. The average molecular weight is 358 g/mol. The number of phenols is 2. The third-order valence-electron chi connectivity index (χ3n) is 3.50. The maximum Gasteiger partial charge on any atom is 0.309 e. The predicted molar refractivity (Wildman–Crippen MR) is 105 cm³/mol. The molecule has 2 rings (SSSR count). The van der Waals surface area contributed by atoms with Crippen LogP contribution in [0.25, 0.3) is 11.1 Å². The van der Waals surface area contributed by atoms with Crippen LogP contribution in [0.3, 0.4) is 0 Å². The number of aromatic hydroxyl groups is 2. The molecule has 0 aromatic heterocycles. The van der Waals surface area contributed by atoms with Crippen molar-refractivity contribution in [3.8, 4) is 11.5 Å². The van der Waals surface area contributed by atoms with Gasteiger partial charge in [-0.2, -0.15) is 0 Å². The number of rotatable bonds is 4.